The summed E-state index contributed by atoms with van der Waals surface area (Å²) in [6.07, 6.45) is 0. The molecule has 148 valence electrons. The molecule has 1 heterocycles. The second-order valence-electron chi connectivity index (χ2n) is 5.89. The van der Waals surface area contributed by atoms with E-state index in [1.165, 1.54) is 25.3 Å². The number of nitro groups is 1. The van der Waals surface area contributed by atoms with E-state index in [9.17, 15) is 24.1 Å². The van der Waals surface area contributed by atoms with Crippen molar-refractivity contribution in [3.05, 3.63) is 80.9 Å². The summed E-state index contributed by atoms with van der Waals surface area (Å²) in [5.74, 6) is -1.12. The first kappa shape index (κ1) is 19.7. The van der Waals surface area contributed by atoms with E-state index in [0.29, 0.717) is 17.0 Å². The molecule has 0 saturated heterocycles. The maximum absolute atomic E-state index is 13.4. The first-order valence-electron chi connectivity index (χ1n) is 8.34. The van der Waals surface area contributed by atoms with Crippen molar-refractivity contribution in [2.75, 3.05) is 12.4 Å². The third kappa shape index (κ3) is 4.43. The zero-order valence-corrected chi connectivity index (χ0v) is 15.2. The number of ether oxygens (including phenoxy) is 1. The third-order valence-corrected chi connectivity index (χ3v) is 3.97. The highest BCUT2D eigenvalue weighted by atomic mass is 19.1. The van der Waals surface area contributed by atoms with Crippen LogP contribution in [0.5, 0.6) is 5.75 Å². The first-order chi connectivity index (χ1) is 13.9. The number of nitro benzene ring substituents is 1. The zero-order valence-electron chi connectivity index (χ0n) is 15.2. The number of halogens is 1. The number of nitrogens with one attached hydrogen (secondary N) is 1. The van der Waals surface area contributed by atoms with Gasteiger partial charge in [0.15, 0.2) is 0 Å². The van der Waals surface area contributed by atoms with E-state index in [0.717, 1.165) is 16.8 Å². The molecule has 0 aliphatic rings. The minimum absolute atomic E-state index is 0.0250. The van der Waals surface area contributed by atoms with Gasteiger partial charge in [0.05, 0.1) is 17.7 Å². The lowest BCUT2D eigenvalue weighted by molar-refractivity contribution is -0.387. The largest absolute Gasteiger partial charge is 0.496 e. The highest BCUT2D eigenvalue weighted by molar-refractivity contribution is 5.90. The Balaban J connectivity index is 1.83. The van der Waals surface area contributed by atoms with Crippen LogP contribution in [0.1, 0.15) is 0 Å². The monoisotopic (exact) mass is 398 g/mol. The summed E-state index contributed by atoms with van der Waals surface area (Å²) >= 11 is 0. The molecule has 0 unspecified atom stereocenters. The normalized spacial score (nSPS) is 10.4. The van der Waals surface area contributed by atoms with Gasteiger partial charge in [-0.2, -0.15) is 9.49 Å². The molecule has 0 saturated carbocycles. The van der Waals surface area contributed by atoms with Crippen LogP contribution in [0.2, 0.25) is 0 Å². The van der Waals surface area contributed by atoms with Gasteiger partial charge in [0.1, 0.15) is 12.3 Å². The Bertz CT molecular complexity index is 1150. The first-order valence-corrected chi connectivity index (χ1v) is 8.34. The van der Waals surface area contributed by atoms with Gasteiger partial charge in [0.2, 0.25) is 11.7 Å². The van der Waals surface area contributed by atoms with Crippen molar-refractivity contribution in [1.29, 1.82) is 0 Å². The number of carbonyl (C=O) groups excluding carboxylic acids is 1. The summed E-state index contributed by atoms with van der Waals surface area (Å²) in [5, 5.41) is 17.4. The van der Waals surface area contributed by atoms with Crippen LogP contribution in [-0.2, 0) is 11.3 Å². The molecule has 3 aromatic rings. The molecule has 1 amide bonds. The van der Waals surface area contributed by atoms with Crippen LogP contribution in [0.25, 0.3) is 11.3 Å². The van der Waals surface area contributed by atoms with Crippen LogP contribution >= 0.6 is 0 Å². The maximum atomic E-state index is 13.4. The predicted molar refractivity (Wildman–Crippen MR) is 102 cm³/mol. The summed E-state index contributed by atoms with van der Waals surface area (Å²) in [7, 11) is 1.50. The molecule has 1 aromatic heterocycles. The van der Waals surface area contributed by atoms with Gasteiger partial charge in [-0.05, 0) is 30.3 Å². The molecule has 9 nitrogen and oxygen atoms in total. The van der Waals surface area contributed by atoms with Crippen molar-refractivity contribution in [2.45, 2.75) is 6.54 Å². The fraction of sp³-hybridized carbons (Fsp3) is 0.105. The van der Waals surface area contributed by atoms with Gasteiger partial charge in [-0.3, -0.25) is 19.7 Å². The van der Waals surface area contributed by atoms with E-state index in [4.69, 9.17) is 4.74 Å². The lowest BCUT2D eigenvalue weighted by Crippen LogP contribution is -2.29. The summed E-state index contributed by atoms with van der Waals surface area (Å²) in [5.41, 5.74) is -0.192. The Morgan fingerprint density at radius 1 is 1.24 bits per heavy atom. The zero-order chi connectivity index (χ0) is 21.0. The highest BCUT2D eigenvalue weighted by Crippen LogP contribution is 2.27. The number of rotatable bonds is 6. The molecule has 2 aromatic carbocycles. The Morgan fingerprint density at radius 3 is 2.72 bits per heavy atom. The van der Waals surface area contributed by atoms with Gasteiger partial charge >= 0.3 is 5.69 Å². The number of hydrogen-bond donors (Lipinski definition) is 1. The third-order valence-electron chi connectivity index (χ3n) is 3.97. The van der Waals surface area contributed by atoms with Gasteiger partial charge < -0.3 is 10.1 Å². The second kappa shape index (κ2) is 8.30. The molecule has 0 atom stereocenters. The molecule has 0 bridgehead atoms. The standard InChI is InChI=1S/C19H15FN4O5/c1-29-17-5-3-2-4-13(17)15-8-9-19(26)23(22-15)11-18(25)21-12-6-7-14(20)16(10-12)24(27)28/h2-10H,11H2,1H3,(H,21,25). The molecule has 0 radical (unpaired) electrons. The average Bonchev–Trinajstić information content (AvgIpc) is 2.71. The SMILES string of the molecule is COc1ccccc1-c1ccc(=O)n(CC(=O)Nc2ccc(F)c([N+](=O)[O-])c2)n1. The van der Waals surface area contributed by atoms with Gasteiger partial charge in [-0.1, -0.05) is 12.1 Å². The fourth-order valence-electron chi connectivity index (χ4n) is 2.63. The summed E-state index contributed by atoms with van der Waals surface area (Å²) in [6, 6.07) is 12.8. The van der Waals surface area contributed by atoms with Gasteiger partial charge in [0.25, 0.3) is 5.56 Å². The van der Waals surface area contributed by atoms with Crippen LogP contribution in [0, 0.1) is 15.9 Å². The number of nitrogens with zero attached hydrogens (tertiary/aromatic N) is 3. The summed E-state index contributed by atoms with van der Waals surface area (Å²) < 4.78 is 19.6. The number of hydrogen-bond acceptors (Lipinski definition) is 6. The molecule has 10 heteroatoms. The van der Waals surface area contributed by atoms with Crippen molar-refractivity contribution in [3.63, 3.8) is 0 Å². The van der Waals surface area contributed by atoms with Crippen LogP contribution < -0.4 is 15.6 Å². The molecule has 0 aliphatic carbocycles. The molecule has 0 fully saturated rings. The number of methoxy groups -OCH3 is 1. The summed E-state index contributed by atoms with van der Waals surface area (Å²) in [4.78, 5) is 34.3. The number of anilines is 1. The molecular weight excluding hydrogens is 383 g/mol. The maximum Gasteiger partial charge on any atom is 0.306 e. The van der Waals surface area contributed by atoms with E-state index in [-0.39, 0.29) is 5.69 Å². The van der Waals surface area contributed by atoms with Crippen molar-refractivity contribution < 1.29 is 18.8 Å². The van der Waals surface area contributed by atoms with E-state index < -0.39 is 34.4 Å². The number of benzene rings is 2. The van der Waals surface area contributed by atoms with Crippen LogP contribution in [0.15, 0.2) is 59.4 Å². The van der Waals surface area contributed by atoms with E-state index in [1.807, 2.05) is 0 Å². The molecule has 0 spiro atoms. The Labute approximate surface area is 163 Å². The molecule has 29 heavy (non-hydrogen) atoms. The van der Waals surface area contributed by atoms with Crippen molar-refractivity contribution in [3.8, 4) is 17.0 Å². The molecular formula is C19H15FN4O5. The van der Waals surface area contributed by atoms with Crippen molar-refractivity contribution in [2.24, 2.45) is 0 Å². The summed E-state index contributed by atoms with van der Waals surface area (Å²) in [6.45, 7) is -0.438. The van der Waals surface area contributed by atoms with Crippen LogP contribution in [0.3, 0.4) is 0 Å². The van der Waals surface area contributed by atoms with Crippen LogP contribution in [-0.4, -0.2) is 27.7 Å². The Kier molecular flexibility index (Phi) is 5.63. The number of carbonyl (C=O) groups is 1. The Morgan fingerprint density at radius 2 is 2.00 bits per heavy atom. The molecule has 1 N–H and O–H groups in total. The smallest absolute Gasteiger partial charge is 0.306 e. The van der Waals surface area contributed by atoms with E-state index in [2.05, 4.69) is 10.4 Å². The van der Waals surface area contributed by atoms with Crippen LogP contribution in [0.4, 0.5) is 15.8 Å². The van der Waals surface area contributed by atoms with E-state index in [1.54, 1.807) is 24.3 Å². The lowest BCUT2D eigenvalue weighted by atomic mass is 10.1. The minimum atomic E-state index is -1.02. The quantitative estimate of drug-likeness (QED) is 0.504. The van der Waals surface area contributed by atoms with Crippen molar-refractivity contribution >= 4 is 17.3 Å². The second-order valence-corrected chi connectivity index (χ2v) is 5.89. The number of aromatic nitrogens is 2. The van der Waals surface area contributed by atoms with Gasteiger partial charge in [0, 0.05) is 23.4 Å². The predicted octanol–water partition coefficient (Wildman–Crippen LogP) is 2.60. The van der Waals surface area contributed by atoms with E-state index >= 15 is 0 Å². The number of amides is 1. The fourth-order valence-corrected chi connectivity index (χ4v) is 2.63. The molecule has 0 aliphatic heterocycles. The molecule has 3 rings (SSSR count). The van der Waals surface area contributed by atoms with Crippen molar-refractivity contribution in [1.82, 2.24) is 9.78 Å². The lowest BCUT2D eigenvalue weighted by Gasteiger charge is -2.10. The minimum Gasteiger partial charge on any atom is -0.496 e. The Hall–Kier alpha value is -4.08. The topological polar surface area (TPSA) is 116 Å². The van der Waals surface area contributed by atoms with Gasteiger partial charge in [-0.15, -0.1) is 0 Å². The highest BCUT2D eigenvalue weighted by Gasteiger charge is 2.16. The van der Waals surface area contributed by atoms with Gasteiger partial charge in [-0.25, -0.2) is 4.68 Å². The number of para-hydroxylation sites is 1. The average molecular weight is 398 g/mol.